The number of phenols is 2. The average Bonchev–Trinajstić information content (AvgIpc) is 3.63. The number of carbonyl (C=O) groups excluding carboxylic acids is 2. The zero-order valence-corrected chi connectivity index (χ0v) is 23.9. The van der Waals surface area contributed by atoms with E-state index in [0.717, 1.165) is 16.6 Å². The van der Waals surface area contributed by atoms with E-state index in [2.05, 4.69) is 26.2 Å². The number of carbonyl (C=O) groups is 2. The van der Waals surface area contributed by atoms with Crippen molar-refractivity contribution in [3.05, 3.63) is 83.1 Å². The molecular formula is C31H34N6O5. The van der Waals surface area contributed by atoms with E-state index in [4.69, 9.17) is 0 Å². The number of H-pyrrole nitrogens is 1. The number of nitrogens with zero attached hydrogens (tertiary/aromatic N) is 5. The topological polar surface area (TPSA) is 137 Å². The zero-order chi connectivity index (χ0) is 30.1. The first-order chi connectivity index (χ1) is 20.0. The summed E-state index contributed by atoms with van der Waals surface area (Å²) in [5.41, 5.74) is 3.03. The molecule has 0 bridgehead atoms. The molecule has 3 heterocycles. The molecule has 2 amide bonds. The van der Waals surface area contributed by atoms with E-state index in [1.54, 1.807) is 6.07 Å². The highest BCUT2D eigenvalue weighted by atomic mass is 16.3. The number of allylic oxidation sites excluding steroid dienone is 1. The largest absolute Gasteiger partial charge is 0.508 e. The van der Waals surface area contributed by atoms with Gasteiger partial charge in [-0.2, -0.15) is 5.10 Å². The van der Waals surface area contributed by atoms with Crippen LogP contribution >= 0.6 is 0 Å². The molecule has 1 aliphatic heterocycles. The fourth-order valence-corrected chi connectivity index (χ4v) is 5.17. The smallest absolute Gasteiger partial charge is 0.348 e. The number of fused-ring (bicyclic) bond motifs is 1. The van der Waals surface area contributed by atoms with Gasteiger partial charge in [-0.05, 0) is 54.7 Å². The molecule has 42 heavy (non-hydrogen) atoms. The minimum Gasteiger partial charge on any atom is -0.508 e. The SMILES string of the molecule is C=C(CCCN1C(=O)C=CC1=O)N(C)CCn1ccc2cc(-n3c(-c4cc(C(C)C)c(O)cc4O)n[nH]c3=O)ccc21. The number of nitrogens with one attached hydrogen (secondary N) is 1. The highest BCUT2D eigenvalue weighted by molar-refractivity contribution is 6.12. The Kier molecular flexibility index (Phi) is 7.75. The number of aromatic amines is 1. The molecule has 0 atom stereocenters. The molecule has 1 aliphatic rings. The summed E-state index contributed by atoms with van der Waals surface area (Å²) in [5.74, 6) is -0.485. The Morgan fingerprint density at radius 2 is 1.76 bits per heavy atom. The molecular weight excluding hydrogens is 536 g/mol. The van der Waals surface area contributed by atoms with Crippen LogP contribution in [-0.2, 0) is 16.1 Å². The van der Waals surface area contributed by atoms with Crippen molar-refractivity contribution in [2.24, 2.45) is 0 Å². The third-order valence-electron chi connectivity index (χ3n) is 7.66. The lowest BCUT2D eigenvalue weighted by Gasteiger charge is -2.23. The molecule has 218 valence electrons. The Morgan fingerprint density at radius 1 is 1.02 bits per heavy atom. The van der Waals surface area contributed by atoms with Crippen molar-refractivity contribution >= 4 is 22.7 Å². The van der Waals surface area contributed by atoms with Gasteiger partial charge in [0, 0.05) is 67.7 Å². The number of hydrogen-bond donors (Lipinski definition) is 3. The van der Waals surface area contributed by atoms with Crippen molar-refractivity contribution in [2.75, 3.05) is 20.1 Å². The minimum atomic E-state index is -0.447. The number of hydrogen-bond acceptors (Lipinski definition) is 7. The molecule has 2 aromatic carbocycles. The fourth-order valence-electron chi connectivity index (χ4n) is 5.17. The summed E-state index contributed by atoms with van der Waals surface area (Å²) in [6, 6.07) is 10.6. The maximum Gasteiger partial charge on any atom is 0.348 e. The number of likely N-dealkylation sites (N-methyl/N-ethyl adjacent to an activating group) is 1. The van der Waals surface area contributed by atoms with Gasteiger partial charge in [0.2, 0.25) is 0 Å². The van der Waals surface area contributed by atoms with Gasteiger partial charge >= 0.3 is 5.69 Å². The van der Waals surface area contributed by atoms with Gasteiger partial charge in [0.15, 0.2) is 5.82 Å². The van der Waals surface area contributed by atoms with Crippen LogP contribution < -0.4 is 5.69 Å². The van der Waals surface area contributed by atoms with Crippen molar-refractivity contribution in [1.82, 2.24) is 29.1 Å². The molecule has 11 heteroatoms. The number of imide groups is 1. The van der Waals surface area contributed by atoms with Crippen LogP contribution in [0.5, 0.6) is 11.5 Å². The van der Waals surface area contributed by atoms with E-state index in [1.165, 1.54) is 27.7 Å². The molecule has 0 spiro atoms. The van der Waals surface area contributed by atoms with Gasteiger partial charge in [0.25, 0.3) is 11.8 Å². The van der Waals surface area contributed by atoms with E-state index < -0.39 is 5.69 Å². The van der Waals surface area contributed by atoms with Gasteiger partial charge < -0.3 is 19.7 Å². The van der Waals surface area contributed by atoms with E-state index >= 15 is 0 Å². The lowest BCUT2D eigenvalue weighted by Crippen LogP contribution is -2.31. The van der Waals surface area contributed by atoms with Crippen molar-refractivity contribution in [3.63, 3.8) is 0 Å². The highest BCUT2D eigenvalue weighted by Gasteiger charge is 2.23. The van der Waals surface area contributed by atoms with Crippen molar-refractivity contribution in [3.8, 4) is 28.6 Å². The van der Waals surface area contributed by atoms with Crippen LogP contribution in [0.2, 0.25) is 0 Å². The molecule has 4 aromatic rings. The standard InChI is InChI=1S/C31H34N6O5/c1-19(2)23-17-24(27(39)18-26(23)38)30-32-33-31(42)37(30)22-7-8-25-21(16-22)11-13-35(25)15-14-34(4)20(3)6-5-12-36-28(40)9-10-29(36)41/h7-11,13,16-19,38-39H,3,5-6,12,14-15H2,1-2,4H3,(H,33,42). The summed E-state index contributed by atoms with van der Waals surface area (Å²) in [6.45, 7) is 9.80. The molecule has 0 unspecified atom stereocenters. The molecule has 3 N–H and O–H groups in total. The number of aromatic hydroxyl groups is 2. The van der Waals surface area contributed by atoms with Crippen LogP contribution in [0.1, 0.15) is 38.2 Å². The second-order valence-electron chi connectivity index (χ2n) is 10.8. The van der Waals surface area contributed by atoms with Crippen LogP contribution in [0, 0.1) is 0 Å². The molecule has 0 radical (unpaired) electrons. The Bertz CT molecular complexity index is 1760. The fraction of sp³-hybridized carbons (Fsp3) is 0.290. The number of benzene rings is 2. The molecule has 11 nitrogen and oxygen atoms in total. The van der Waals surface area contributed by atoms with Crippen LogP contribution in [0.4, 0.5) is 0 Å². The predicted octanol–water partition coefficient (Wildman–Crippen LogP) is 3.87. The number of phenolic OH excluding ortho intramolecular Hbond substituents is 2. The molecule has 5 rings (SSSR count). The summed E-state index contributed by atoms with van der Waals surface area (Å²) < 4.78 is 3.53. The van der Waals surface area contributed by atoms with Crippen LogP contribution in [-0.4, -0.2) is 71.3 Å². The number of aromatic nitrogens is 4. The second kappa shape index (κ2) is 11.4. The molecule has 0 fully saturated rings. The third kappa shape index (κ3) is 5.45. The lowest BCUT2D eigenvalue weighted by molar-refractivity contribution is -0.136. The summed E-state index contributed by atoms with van der Waals surface area (Å²) >= 11 is 0. The van der Waals surface area contributed by atoms with Gasteiger partial charge in [-0.1, -0.05) is 20.4 Å². The van der Waals surface area contributed by atoms with E-state index in [-0.39, 0.29) is 35.1 Å². The Balaban J connectivity index is 1.29. The molecule has 0 saturated carbocycles. The van der Waals surface area contributed by atoms with E-state index in [1.807, 2.05) is 51.4 Å². The van der Waals surface area contributed by atoms with Crippen molar-refractivity contribution in [1.29, 1.82) is 0 Å². The first kappa shape index (κ1) is 28.5. The van der Waals surface area contributed by atoms with Crippen molar-refractivity contribution in [2.45, 2.75) is 39.2 Å². The number of rotatable bonds is 11. The Labute approximate surface area is 242 Å². The first-order valence-electron chi connectivity index (χ1n) is 13.8. The monoisotopic (exact) mass is 570 g/mol. The van der Waals surface area contributed by atoms with E-state index in [0.29, 0.717) is 49.3 Å². The predicted molar refractivity (Wildman–Crippen MR) is 159 cm³/mol. The summed E-state index contributed by atoms with van der Waals surface area (Å²) in [6.07, 6.45) is 5.89. The Morgan fingerprint density at radius 3 is 2.48 bits per heavy atom. The summed E-state index contributed by atoms with van der Waals surface area (Å²) in [4.78, 5) is 39.6. The van der Waals surface area contributed by atoms with Crippen LogP contribution in [0.3, 0.4) is 0 Å². The van der Waals surface area contributed by atoms with Gasteiger partial charge in [-0.25, -0.2) is 14.5 Å². The molecule has 2 aromatic heterocycles. The Hall–Kier alpha value is -5.06. The number of amides is 2. The second-order valence-corrected chi connectivity index (χ2v) is 10.8. The van der Waals surface area contributed by atoms with Crippen LogP contribution in [0.15, 0.2) is 71.8 Å². The normalized spacial score (nSPS) is 13.2. The first-order valence-corrected chi connectivity index (χ1v) is 13.8. The van der Waals surface area contributed by atoms with Gasteiger partial charge in [-0.15, -0.1) is 0 Å². The lowest BCUT2D eigenvalue weighted by atomic mass is 9.98. The maximum atomic E-state index is 12.8. The summed E-state index contributed by atoms with van der Waals surface area (Å²) in [7, 11) is 1.97. The van der Waals surface area contributed by atoms with Gasteiger partial charge in [-0.3, -0.25) is 14.5 Å². The average molecular weight is 571 g/mol. The maximum absolute atomic E-state index is 12.8. The van der Waals surface area contributed by atoms with Crippen molar-refractivity contribution < 1.29 is 19.8 Å². The molecule has 0 aliphatic carbocycles. The quantitative estimate of drug-likeness (QED) is 0.233. The van der Waals surface area contributed by atoms with Gasteiger partial charge in [0.1, 0.15) is 11.5 Å². The van der Waals surface area contributed by atoms with Gasteiger partial charge in [0.05, 0.1) is 11.3 Å². The molecule has 0 saturated heterocycles. The highest BCUT2D eigenvalue weighted by Crippen LogP contribution is 2.37. The van der Waals surface area contributed by atoms with E-state index in [9.17, 15) is 24.6 Å². The third-order valence-corrected chi connectivity index (χ3v) is 7.66. The zero-order valence-electron chi connectivity index (χ0n) is 23.9. The van der Waals surface area contributed by atoms with Crippen LogP contribution in [0.25, 0.3) is 28.0 Å². The summed E-state index contributed by atoms with van der Waals surface area (Å²) in [5, 5.41) is 28.4. The minimum absolute atomic E-state index is 0.000355.